The van der Waals surface area contributed by atoms with Gasteiger partial charge in [-0.05, 0) is 41.5 Å². The second-order valence-corrected chi connectivity index (χ2v) is 7.80. The average Bonchev–Trinajstić information content (AvgIpc) is 3.22. The topological polar surface area (TPSA) is 75.6 Å². The van der Waals surface area contributed by atoms with Crippen LogP contribution in [-0.2, 0) is 11.2 Å². The molecule has 3 atom stereocenters. The highest BCUT2D eigenvalue weighted by atomic mass is 16.7. The Labute approximate surface area is 176 Å². The van der Waals surface area contributed by atoms with Gasteiger partial charge in [0.15, 0.2) is 23.0 Å². The third kappa shape index (κ3) is 2.91. The van der Waals surface area contributed by atoms with Crippen molar-refractivity contribution in [3.63, 3.8) is 0 Å². The lowest BCUT2D eigenvalue weighted by molar-refractivity contribution is 0.0362. The number of aromatic hydroxyl groups is 1. The van der Waals surface area contributed by atoms with Crippen molar-refractivity contribution in [2.75, 3.05) is 35.2 Å². The zero-order valence-corrected chi connectivity index (χ0v) is 18.2. The summed E-state index contributed by atoms with van der Waals surface area (Å²) in [6.45, 7) is 4.42. The number of phenolic OH excluding ortho intramolecular Hbond substituents is 1. The molecule has 4 rings (SSSR count). The second kappa shape index (κ2) is 7.80. The van der Waals surface area contributed by atoms with Gasteiger partial charge in [0.2, 0.25) is 18.3 Å². The van der Waals surface area contributed by atoms with E-state index in [1.54, 1.807) is 28.4 Å². The van der Waals surface area contributed by atoms with Gasteiger partial charge in [0, 0.05) is 18.2 Å². The molecule has 0 saturated heterocycles. The maximum Gasteiger partial charge on any atom is 0.231 e. The molecule has 162 valence electrons. The van der Waals surface area contributed by atoms with Crippen molar-refractivity contribution in [3.8, 4) is 45.6 Å². The monoisotopic (exact) mass is 416 g/mol. The van der Waals surface area contributed by atoms with E-state index in [1.165, 1.54) is 0 Å². The van der Waals surface area contributed by atoms with Crippen LogP contribution in [0.1, 0.15) is 31.1 Å². The molecule has 0 spiro atoms. The fourth-order valence-electron chi connectivity index (χ4n) is 4.63. The van der Waals surface area contributed by atoms with Crippen LogP contribution < -0.4 is 23.7 Å². The minimum absolute atomic E-state index is 0.00979. The van der Waals surface area contributed by atoms with Gasteiger partial charge < -0.3 is 33.5 Å². The molecule has 1 aliphatic carbocycles. The first-order chi connectivity index (χ1) is 14.5. The predicted molar refractivity (Wildman–Crippen MR) is 111 cm³/mol. The zero-order chi connectivity index (χ0) is 21.6. The van der Waals surface area contributed by atoms with Gasteiger partial charge in [-0.25, -0.2) is 0 Å². The van der Waals surface area contributed by atoms with E-state index in [1.807, 2.05) is 12.1 Å². The highest BCUT2D eigenvalue weighted by Crippen LogP contribution is 2.58. The van der Waals surface area contributed by atoms with Crippen LogP contribution in [0.3, 0.4) is 0 Å². The minimum Gasteiger partial charge on any atom is -0.504 e. The third-order valence-corrected chi connectivity index (χ3v) is 6.31. The summed E-state index contributed by atoms with van der Waals surface area (Å²) in [6.07, 6.45) is 0.502. The molecule has 0 bridgehead atoms. The van der Waals surface area contributed by atoms with Crippen LogP contribution in [0.5, 0.6) is 34.5 Å². The standard InChI is InChI=1S/C23H28O7/c1-11-7-13-8-15(25-3)22(27-5)23(28-6)17(13)18-14(20(26-4)12(11)2)9-16-21(19(18)24)30-10-29-16/h8-9,11-12,20,24H,7,10H2,1-6H3/t11-,12-,20+/m0/s1. The van der Waals surface area contributed by atoms with E-state index in [-0.39, 0.29) is 30.5 Å². The van der Waals surface area contributed by atoms with Crippen molar-refractivity contribution in [1.82, 2.24) is 0 Å². The Morgan fingerprint density at radius 2 is 1.67 bits per heavy atom. The van der Waals surface area contributed by atoms with Crippen LogP contribution >= 0.6 is 0 Å². The molecule has 2 aromatic carbocycles. The van der Waals surface area contributed by atoms with E-state index in [2.05, 4.69) is 13.8 Å². The SMILES string of the molecule is COc1cc2c(c(OC)c1OC)-c1c(cc3c(c1O)OCO3)[C@H](OC)[C@@H](C)[C@@H](C)C2. The Hall–Kier alpha value is -2.80. The molecule has 0 saturated carbocycles. The second-order valence-electron chi connectivity index (χ2n) is 7.80. The highest BCUT2D eigenvalue weighted by molar-refractivity contribution is 5.88. The van der Waals surface area contributed by atoms with E-state index in [4.69, 9.17) is 28.4 Å². The number of rotatable bonds is 4. The molecule has 0 unspecified atom stereocenters. The summed E-state index contributed by atoms with van der Waals surface area (Å²) < 4.78 is 34.1. The summed E-state index contributed by atoms with van der Waals surface area (Å²) in [5.41, 5.74) is 3.18. The molecule has 1 N–H and O–H groups in total. The Morgan fingerprint density at radius 3 is 2.30 bits per heavy atom. The quantitative estimate of drug-likeness (QED) is 0.795. The molecular formula is C23H28O7. The lowest BCUT2D eigenvalue weighted by Crippen LogP contribution is -2.24. The molecule has 0 aromatic heterocycles. The molecule has 0 radical (unpaired) electrons. The fraction of sp³-hybridized carbons (Fsp3) is 0.478. The molecule has 1 heterocycles. The summed E-state index contributed by atoms with van der Waals surface area (Å²) in [7, 11) is 6.44. The third-order valence-electron chi connectivity index (χ3n) is 6.31. The van der Waals surface area contributed by atoms with Gasteiger partial charge in [0.05, 0.1) is 27.4 Å². The van der Waals surface area contributed by atoms with E-state index >= 15 is 0 Å². The first-order valence-corrected chi connectivity index (χ1v) is 9.97. The number of hydrogen-bond acceptors (Lipinski definition) is 7. The molecular weight excluding hydrogens is 388 g/mol. The number of methoxy groups -OCH3 is 4. The molecule has 2 aromatic rings. The molecule has 7 heteroatoms. The van der Waals surface area contributed by atoms with Crippen LogP contribution in [0.15, 0.2) is 12.1 Å². The number of ether oxygens (including phenoxy) is 6. The fourth-order valence-corrected chi connectivity index (χ4v) is 4.63. The summed E-state index contributed by atoms with van der Waals surface area (Å²) >= 11 is 0. The summed E-state index contributed by atoms with van der Waals surface area (Å²) in [5.74, 6) is 2.87. The van der Waals surface area contributed by atoms with Crippen LogP contribution in [-0.4, -0.2) is 40.3 Å². The first kappa shape index (κ1) is 20.5. The zero-order valence-electron chi connectivity index (χ0n) is 18.2. The number of benzene rings is 2. The van der Waals surface area contributed by atoms with Gasteiger partial charge >= 0.3 is 0 Å². The molecule has 7 nitrogen and oxygen atoms in total. The van der Waals surface area contributed by atoms with Crippen LogP contribution in [0.25, 0.3) is 11.1 Å². The van der Waals surface area contributed by atoms with Crippen molar-refractivity contribution in [2.45, 2.75) is 26.4 Å². The smallest absolute Gasteiger partial charge is 0.231 e. The predicted octanol–water partition coefficient (Wildman–Crippen LogP) is 4.33. The maximum absolute atomic E-state index is 11.3. The van der Waals surface area contributed by atoms with Crippen molar-refractivity contribution in [2.24, 2.45) is 11.8 Å². The normalized spacial score (nSPS) is 21.9. The summed E-state index contributed by atoms with van der Waals surface area (Å²) in [6, 6.07) is 3.86. The summed E-state index contributed by atoms with van der Waals surface area (Å²) in [5, 5.41) is 11.3. The number of phenols is 1. The average molecular weight is 416 g/mol. The molecule has 0 amide bonds. The van der Waals surface area contributed by atoms with Crippen LogP contribution in [0, 0.1) is 11.8 Å². The van der Waals surface area contributed by atoms with E-state index in [9.17, 15) is 5.11 Å². The molecule has 0 fully saturated rings. The van der Waals surface area contributed by atoms with Gasteiger partial charge in [0.1, 0.15) is 0 Å². The van der Waals surface area contributed by atoms with Gasteiger partial charge in [-0.3, -0.25) is 0 Å². The molecule has 1 aliphatic heterocycles. The van der Waals surface area contributed by atoms with Crippen LogP contribution in [0.4, 0.5) is 0 Å². The number of hydrogen-bond donors (Lipinski definition) is 1. The van der Waals surface area contributed by atoms with E-state index in [0.717, 1.165) is 23.1 Å². The Balaban J connectivity index is 2.14. The van der Waals surface area contributed by atoms with Crippen molar-refractivity contribution in [3.05, 3.63) is 23.3 Å². The van der Waals surface area contributed by atoms with Crippen LogP contribution in [0.2, 0.25) is 0 Å². The molecule has 2 aliphatic rings. The van der Waals surface area contributed by atoms with Crippen molar-refractivity contribution >= 4 is 0 Å². The Kier molecular flexibility index (Phi) is 5.32. The van der Waals surface area contributed by atoms with Gasteiger partial charge in [0.25, 0.3) is 0 Å². The molecule has 30 heavy (non-hydrogen) atoms. The van der Waals surface area contributed by atoms with E-state index < -0.39 is 0 Å². The van der Waals surface area contributed by atoms with Gasteiger partial charge in [-0.15, -0.1) is 0 Å². The number of fused-ring (bicyclic) bond motifs is 4. The lowest BCUT2D eigenvalue weighted by Gasteiger charge is -2.34. The highest BCUT2D eigenvalue weighted by Gasteiger charge is 2.38. The Bertz CT molecular complexity index is 969. The van der Waals surface area contributed by atoms with Crippen molar-refractivity contribution < 1.29 is 33.5 Å². The summed E-state index contributed by atoms with van der Waals surface area (Å²) in [4.78, 5) is 0. The Morgan fingerprint density at radius 1 is 0.933 bits per heavy atom. The van der Waals surface area contributed by atoms with Crippen molar-refractivity contribution in [1.29, 1.82) is 0 Å². The van der Waals surface area contributed by atoms with Gasteiger partial charge in [-0.2, -0.15) is 0 Å². The minimum atomic E-state index is -0.249. The largest absolute Gasteiger partial charge is 0.504 e. The maximum atomic E-state index is 11.3. The first-order valence-electron chi connectivity index (χ1n) is 9.97. The van der Waals surface area contributed by atoms with E-state index in [0.29, 0.717) is 34.3 Å². The lowest BCUT2D eigenvalue weighted by atomic mass is 9.76. The van der Waals surface area contributed by atoms with Gasteiger partial charge in [-0.1, -0.05) is 13.8 Å².